The van der Waals surface area contributed by atoms with Crippen molar-refractivity contribution in [3.63, 3.8) is 0 Å². The summed E-state index contributed by atoms with van der Waals surface area (Å²) in [6.07, 6.45) is 4.60. The van der Waals surface area contributed by atoms with Crippen LogP contribution in [0, 0.1) is 11.8 Å². The van der Waals surface area contributed by atoms with Gasteiger partial charge in [-0.1, -0.05) is 18.0 Å². The molecule has 1 aliphatic rings. The average Bonchev–Trinajstić information content (AvgIpc) is 2.88. The van der Waals surface area contributed by atoms with E-state index in [0.29, 0.717) is 5.92 Å². The molecule has 102 valence electrons. The van der Waals surface area contributed by atoms with Crippen molar-refractivity contribution in [2.24, 2.45) is 0 Å². The Morgan fingerprint density at radius 3 is 2.74 bits per heavy atom. The van der Waals surface area contributed by atoms with E-state index in [1.807, 2.05) is 6.92 Å². The molecular weight excluding hydrogens is 242 g/mol. The van der Waals surface area contributed by atoms with Gasteiger partial charge in [0.25, 0.3) is 5.91 Å². The molecule has 0 atom stereocenters. The monoisotopic (exact) mass is 261 g/mol. The van der Waals surface area contributed by atoms with Gasteiger partial charge in [0, 0.05) is 18.4 Å². The molecule has 0 radical (unpaired) electrons. The van der Waals surface area contributed by atoms with E-state index in [2.05, 4.69) is 27.3 Å². The van der Waals surface area contributed by atoms with Crippen molar-refractivity contribution < 1.29 is 9.32 Å². The first-order valence-corrected chi connectivity index (χ1v) is 6.78. The van der Waals surface area contributed by atoms with Gasteiger partial charge < -0.3 is 9.84 Å². The van der Waals surface area contributed by atoms with Crippen LogP contribution in [0.3, 0.4) is 0 Å². The third-order valence-corrected chi connectivity index (χ3v) is 3.45. The summed E-state index contributed by atoms with van der Waals surface area (Å²) in [6.45, 7) is 3.67. The van der Waals surface area contributed by atoms with Crippen molar-refractivity contribution in [3.8, 4) is 11.8 Å². The van der Waals surface area contributed by atoms with Gasteiger partial charge in [-0.15, -0.1) is 0 Å². The zero-order valence-electron chi connectivity index (χ0n) is 11.4. The zero-order valence-corrected chi connectivity index (χ0v) is 11.4. The van der Waals surface area contributed by atoms with Gasteiger partial charge in [-0.05, 0) is 38.5 Å². The van der Waals surface area contributed by atoms with Crippen molar-refractivity contribution >= 4 is 5.91 Å². The van der Waals surface area contributed by atoms with Crippen LogP contribution >= 0.6 is 0 Å². The molecule has 1 amide bonds. The Bertz CT molecular complexity index is 490. The highest BCUT2D eigenvalue weighted by Gasteiger charge is 2.26. The molecule has 1 fully saturated rings. The second kappa shape index (κ2) is 6.37. The van der Waals surface area contributed by atoms with Crippen LogP contribution in [0.25, 0.3) is 0 Å². The average molecular weight is 261 g/mol. The molecule has 1 heterocycles. The maximum absolute atomic E-state index is 11.4. The van der Waals surface area contributed by atoms with Crippen LogP contribution in [-0.2, 0) is 11.2 Å². The van der Waals surface area contributed by atoms with Crippen LogP contribution in [-0.4, -0.2) is 22.1 Å². The third-order valence-electron chi connectivity index (χ3n) is 3.45. The molecule has 0 aromatic carbocycles. The van der Waals surface area contributed by atoms with Crippen LogP contribution in [0.4, 0.5) is 0 Å². The lowest BCUT2D eigenvalue weighted by atomic mass is 9.86. The molecule has 1 aliphatic carbocycles. The van der Waals surface area contributed by atoms with Crippen molar-refractivity contribution in [1.29, 1.82) is 0 Å². The molecule has 0 unspecified atom stereocenters. The standard InChI is InChI=1S/C14H19N3O2/c1-3-5-13(18)15-11-8-6-10(7-9-11)14-16-12(4-2)17-19-14/h10-11H,4,6-9H2,1-2H3,(H,15,18). The predicted molar refractivity (Wildman–Crippen MR) is 70.3 cm³/mol. The van der Waals surface area contributed by atoms with Crippen LogP contribution in [0.2, 0.25) is 0 Å². The highest BCUT2D eigenvalue weighted by atomic mass is 16.5. The zero-order chi connectivity index (χ0) is 13.7. The third kappa shape index (κ3) is 3.57. The van der Waals surface area contributed by atoms with Gasteiger partial charge in [0.05, 0.1) is 0 Å². The van der Waals surface area contributed by atoms with Gasteiger partial charge in [-0.3, -0.25) is 4.79 Å². The van der Waals surface area contributed by atoms with Gasteiger partial charge >= 0.3 is 0 Å². The number of aryl methyl sites for hydroxylation is 1. The first-order valence-electron chi connectivity index (χ1n) is 6.78. The van der Waals surface area contributed by atoms with Gasteiger partial charge in [0.1, 0.15) is 0 Å². The fourth-order valence-electron chi connectivity index (χ4n) is 2.40. The second-order valence-electron chi connectivity index (χ2n) is 4.80. The first kappa shape index (κ1) is 13.6. The number of nitrogens with one attached hydrogen (secondary N) is 1. The van der Waals surface area contributed by atoms with E-state index in [0.717, 1.165) is 43.8 Å². The molecule has 19 heavy (non-hydrogen) atoms. The van der Waals surface area contributed by atoms with Crippen molar-refractivity contribution in [1.82, 2.24) is 15.5 Å². The second-order valence-corrected chi connectivity index (χ2v) is 4.80. The molecule has 1 aromatic rings. The lowest BCUT2D eigenvalue weighted by Gasteiger charge is -2.26. The van der Waals surface area contributed by atoms with E-state index in [1.54, 1.807) is 6.92 Å². The fraction of sp³-hybridized carbons (Fsp3) is 0.643. The van der Waals surface area contributed by atoms with Crippen LogP contribution < -0.4 is 5.32 Å². The van der Waals surface area contributed by atoms with E-state index in [-0.39, 0.29) is 11.9 Å². The Balaban J connectivity index is 1.84. The summed E-state index contributed by atoms with van der Waals surface area (Å²) in [5, 5.41) is 6.86. The Kier molecular flexibility index (Phi) is 4.56. The summed E-state index contributed by atoms with van der Waals surface area (Å²) in [6, 6.07) is 0.221. The summed E-state index contributed by atoms with van der Waals surface area (Å²) < 4.78 is 5.28. The van der Waals surface area contributed by atoms with E-state index in [1.165, 1.54) is 0 Å². The molecule has 0 saturated heterocycles. The Morgan fingerprint density at radius 2 is 2.16 bits per heavy atom. The largest absolute Gasteiger partial charge is 0.343 e. The maximum atomic E-state index is 11.4. The van der Waals surface area contributed by atoms with Crippen LogP contribution in [0.15, 0.2) is 4.52 Å². The van der Waals surface area contributed by atoms with Crippen molar-refractivity contribution in [2.75, 3.05) is 0 Å². The molecule has 0 spiro atoms. The summed E-state index contributed by atoms with van der Waals surface area (Å²) in [7, 11) is 0. The lowest BCUT2D eigenvalue weighted by Crippen LogP contribution is -2.36. The summed E-state index contributed by atoms with van der Waals surface area (Å²) in [5.41, 5.74) is 0. The Hall–Kier alpha value is -1.83. The SMILES string of the molecule is CC#CC(=O)NC1CCC(c2nc(CC)no2)CC1. The Morgan fingerprint density at radius 1 is 1.42 bits per heavy atom. The molecule has 0 bridgehead atoms. The molecule has 1 saturated carbocycles. The number of aromatic nitrogens is 2. The minimum Gasteiger partial charge on any atom is -0.343 e. The molecule has 5 nitrogen and oxygen atoms in total. The van der Waals surface area contributed by atoms with Crippen molar-refractivity contribution in [2.45, 2.75) is 57.9 Å². The normalized spacial score (nSPS) is 22.4. The van der Waals surface area contributed by atoms with E-state index >= 15 is 0 Å². The number of carbonyl (C=O) groups excluding carboxylic acids is 1. The number of hydrogen-bond acceptors (Lipinski definition) is 4. The topological polar surface area (TPSA) is 68.0 Å². The fourth-order valence-corrected chi connectivity index (χ4v) is 2.40. The van der Waals surface area contributed by atoms with Gasteiger partial charge in [-0.25, -0.2) is 0 Å². The minimum atomic E-state index is -0.183. The summed E-state index contributed by atoms with van der Waals surface area (Å²) >= 11 is 0. The van der Waals surface area contributed by atoms with Gasteiger partial charge in [-0.2, -0.15) is 4.98 Å². The smallest absolute Gasteiger partial charge is 0.296 e. The quantitative estimate of drug-likeness (QED) is 0.842. The number of hydrogen-bond donors (Lipinski definition) is 1. The highest BCUT2D eigenvalue weighted by Crippen LogP contribution is 2.31. The lowest BCUT2D eigenvalue weighted by molar-refractivity contribution is -0.116. The van der Waals surface area contributed by atoms with Crippen molar-refractivity contribution in [3.05, 3.63) is 11.7 Å². The van der Waals surface area contributed by atoms with Gasteiger partial charge in [0.2, 0.25) is 5.89 Å². The van der Waals surface area contributed by atoms with Crippen LogP contribution in [0.5, 0.6) is 0 Å². The predicted octanol–water partition coefficient (Wildman–Crippen LogP) is 1.80. The molecule has 1 N–H and O–H groups in total. The number of amides is 1. The molecule has 0 aliphatic heterocycles. The maximum Gasteiger partial charge on any atom is 0.296 e. The molecule has 5 heteroatoms. The molecule has 1 aromatic heterocycles. The minimum absolute atomic E-state index is 0.183. The van der Waals surface area contributed by atoms with E-state index in [4.69, 9.17) is 4.52 Å². The number of carbonyl (C=O) groups is 1. The number of nitrogens with zero attached hydrogens (tertiary/aromatic N) is 2. The first-order chi connectivity index (χ1) is 9.22. The number of rotatable bonds is 3. The van der Waals surface area contributed by atoms with Crippen LogP contribution in [0.1, 0.15) is 57.2 Å². The van der Waals surface area contributed by atoms with Gasteiger partial charge in [0.15, 0.2) is 5.82 Å². The Labute approximate surface area is 113 Å². The molecule has 2 rings (SSSR count). The molecular formula is C14H19N3O2. The summed E-state index contributed by atoms with van der Waals surface area (Å²) in [5.74, 6) is 6.77. The highest BCUT2D eigenvalue weighted by molar-refractivity contribution is 5.93. The summed E-state index contributed by atoms with van der Waals surface area (Å²) in [4.78, 5) is 15.8. The van der Waals surface area contributed by atoms with E-state index in [9.17, 15) is 4.79 Å². The van der Waals surface area contributed by atoms with E-state index < -0.39 is 0 Å².